The van der Waals surface area contributed by atoms with Crippen molar-refractivity contribution in [1.82, 2.24) is 19.9 Å². The summed E-state index contributed by atoms with van der Waals surface area (Å²) in [7, 11) is 1.52. The van der Waals surface area contributed by atoms with E-state index in [1.807, 2.05) is 0 Å². The van der Waals surface area contributed by atoms with Crippen molar-refractivity contribution in [1.29, 1.82) is 0 Å². The third kappa shape index (κ3) is 4.56. The van der Waals surface area contributed by atoms with Crippen LogP contribution in [-0.2, 0) is 4.79 Å². The molecule has 25 heavy (non-hydrogen) atoms. The van der Waals surface area contributed by atoms with Crippen LogP contribution in [0.4, 0.5) is 0 Å². The molecule has 1 fully saturated rings. The predicted molar refractivity (Wildman–Crippen MR) is 88.5 cm³/mol. The van der Waals surface area contributed by atoms with Gasteiger partial charge in [0, 0.05) is 25.1 Å². The molecule has 0 aromatic carbocycles. The molecule has 1 aliphatic heterocycles. The van der Waals surface area contributed by atoms with Gasteiger partial charge in [0.05, 0.1) is 19.9 Å². The predicted octanol–water partition coefficient (Wildman–Crippen LogP) is 1.33. The lowest BCUT2D eigenvalue weighted by Gasteiger charge is -2.32. The van der Waals surface area contributed by atoms with Gasteiger partial charge in [-0.2, -0.15) is 0 Å². The number of amides is 1. The fourth-order valence-electron chi connectivity index (χ4n) is 2.62. The number of pyridine rings is 1. The van der Waals surface area contributed by atoms with Gasteiger partial charge in [0.2, 0.25) is 0 Å². The summed E-state index contributed by atoms with van der Waals surface area (Å²) in [6.07, 6.45) is 7.86. The Kier molecular flexibility index (Phi) is 5.61. The number of hydrogen-bond acceptors (Lipinski definition) is 7. The molecular weight excluding hydrogens is 324 g/mol. The highest BCUT2D eigenvalue weighted by Crippen LogP contribution is 2.23. The van der Waals surface area contributed by atoms with Crippen LogP contribution in [0.1, 0.15) is 12.8 Å². The van der Waals surface area contributed by atoms with Crippen LogP contribution in [0, 0.1) is 0 Å². The third-order valence-corrected chi connectivity index (χ3v) is 3.83. The number of ether oxygens (including phenoxy) is 3. The number of rotatable bonds is 6. The van der Waals surface area contributed by atoms with Gasteiger partial charge in [-0.1, -0.05) is 0 Å². The van der Waals surface area contributed by atoms with Crippen molar-refractivity contribution in [2.45, 2.75) is 18.9 Å². The Morgan fingerprint density at radius 2 is 2.12 bits per heavy atom. The standard InChI is InChI=1S/C17H20N4O4/c1-23-16-17(20-8-7-19-16)25-14-5-3-9-21(11-14)15(22)12-24-13-4-2-6-18-10-13/h2,4,6-8,10,14H,3,5,9,11-12H2,1H3. The summed E-state index contributed by atoms with van der Waals surface area (Å²) in [4.78, 5) is 26.3. The largest absolute Gasteiger partial charge is 0.482 e. The molecule has 1 amide bonds. The van der Waals surface area contributed by atoms with Crippen molar-refractivity contribution in [3.8, 4) is 17.5 Å². The number of carbonyl (C=O) groups excluding carboxylic acids is 1. The van der Waals surface area contributed by atoms with E-state index in [-0.39, 0.29) is 18.6 Å². The summed E-state index contributed by atoms with van der Waals surface area (Å²) in [5, 5.41) is 0. The molecule has 0 N–H and O–H groups in total. The van der Waals surface area contributed by atoms with Gasteiger partial charge in [0.1, 0.15) is 11.9 Å². The van der Waals surface area contributed by atoms with E-state index in [0.29, 0.717) is 30.6 Å². The highest BCUT2D eigenvalue weighted by Gasteiger charge is 2.26. The van der Waals surface area contributed by atoms with E-state index in [2.05, 4.69) is 15.0 Å². The van der Waals surface area contributed by atoms with E-state index in [1.54, 1.807) is 35.6 Å². The number of likely N-dealkylation sites (tertiary alicyclic amines) is 1. The van der Waals surface area contributed by atoms with Crippen LogP contribution in [0.25, 0.3) is 0 Å². The van der Waals surface area contributed by atoms with E-state index < -0.39 is 0 Å². The number of hydrogen-bond donors (Lipinski definition) is 0. The Morgan fingerprint density at radius 3 is 2.88 bits per heavy atom. The quantitative estimate of drug-likeness (QED) is 0.781. The van der Waals surface area contributed by atoms with E-state index in [4.69, 9.17) is 14.2 Å². The Morgan fingerprint density at radius 1 is 1.28 bits per heavy atom. The van der Waals surface area contributed by atoms with Crippen LogP contribution >= 0.6 is 0 Å². The smallest absolute Gasteiger partial charge is 0.278 e. The number of aromatic nitrogens is 3. The second-order valence-corrected chi connectivity index (χ2v) is 5.57. The number of carbonyl (C=O) groups is 1. The molecule has 0 radical (unpaired) electrons. The van der Waals surface area contributed by atoms with Crippen molar-refractivity contribution >= 4 is 5.91 Å². The fourth-order valence-corrected chi connectivity index (χ4v) is 2.62. The SMILES string of the molecule is COc1nccnc1OC1CCCN(C(=O)COc2cccnc2)C1. The highest BCUT2D eigenvalue weighted by molar-refractivity contribution is 5.77. The summed E-state index contributed by atoms with van der Waals surface area (Å²) in [6.45, 7) is 1.15. The number of methoxy groups -OCH3 is 1. The third-order valence-electron chi connectivity index (χ3n) is 3.83. The lowest BCUT2D eigenvalue weighted by Crippen LogP contribution is -2.46. The molecule has 3 rings (SSSR count). The van der Waals surface area contributed by atoms with Gasteiger partial charge in [0.15, 0.2) is 6.61 Å². The van der Waals surface area contributed by atoms with Crippen LogP contribution in [0.2, 0.25) is 0 Å². The maximum Gasteiger partial charge on any atom is 0.278 e. The van der Waals surface area contributed by atoms with Crippen LogP contribution in [0.3, 0.4) is 0 Å². The summed E-state index contributed by atoms with van der Waals surface area (Å²) in [6, 6.07) is 3.53. The molecule has 2 aromatic rings. The van der Waals surface area contributed by atoms with Gasteiger partial charge in [-0.25, -0.2) is 9.97 Å². The van der Waals surface area contributed by atoms with Crippen molar-refractivity contribution in [2.75, 3.05) is 26.8 Å². The first-order valence-electron chi connectivity index (χ1n) is 8.08. The number of piperidine rings is 1. The average molecular weight is 344 g/mol. The number of nitrogens with zero attached hydrogens (tertiary/aromatic N) is 4. The minimum Gasteiger partial charge on any atom is -0.482 e. The van der Waals surface area contributed by atoms with Crippen LogP contribution in [0.5, 0.6) is 17.5 Å². The van der Waals surface area contributed by atoms with Crippen molar-refractivity contribution in [3.63, 3.8) is 0 Å². The lowest BCUT2D eigenvalue weighted by atomic mass is 10.1. The molecule has 132 valence electrons. The maximum absolute atomic E-state index is 12.4. The normalized spacial score (nSPS) is 17.0. The molecule has 3 heterocycles. The summed E-state index contributed by atoms with van der Waals surface area (Å²) in [5.41, 5.74) is 0. The first-order chi connectivity index (χ1) is 12.3. The zero-order chi connectivity index (χ0) is 17.5. The van der Waals surface area contributed by atoms with Crippen molar-refractivity contribution < 1.29 is 19.0 Å². The molecule has 0 aliphatic carbocycles. The van der Waals surface area contributed by atoms with Gasteiger partial charge >= 0.3 is 0 Å². The highest BCUT2D eigenvalue weighted by atomic mass is 16.5. The molecule has 2 aromatic heterocycles. The zero-order valence-corrected chi connectivity index (χ0v) is 14.0. The maximum atomic E-state index is 12.4. The molecule has 0 saturated carbocycles. The molecule has 8 heteroatoms. The Labute approximate surface area is 145 Å². The Bertz CT molecular complexity index is 698. The van der Waals surface area contributed by atoms with Crippen LogP contribution < -0.4 is 14.2 Å². The lowest BCUT2D eigenvalue weighted by molar-refractivity contribution is -0.136. The molecule has 1 atom stereocenters. The Balaban J connectivity index is 1.54. The molecule has 0 spiro atoms. The van der Waals surface area contributed by atoms with Gasteiger partial charge in [0.25, 0.3) is 17.7 Å². The summed E-state index contributed by atoms with van der Waals surface area (Å²) >= 11 is 0. The summed E-state index contributed by atoms with van der Waals surface area (Å²) < 4.78 is 16.5. The Hall–Kier alpha value is -2.90. The second kappa shape index (κ2) is 8.27. The molecule has 8 nitrogen and oxygen atoms in total. The van der Waals surface area contributed by atoms with Crippen LogP contribution in [0.15, 0.2) is 36.9 Å². The van der Waals surface area contributed by atoms with Crippen molar-refractivity contribution in [3.05, 3.63) is 36.9 Å². The van der Waals surface area contributed by atoms with Crippen LogP contribution in [-0.4, -0.2) is 58.7 Å². The molecule has 0 bridgehead atoms. The fraction of sp³-hybridized carbons (Fsp3) is 0.412. The first kappa shape index (κ1) is 16.9. The van der Waals surface area contributed by atoms with Gasteiger partial charge in [-0.15, -0.1) is 0 Å². The van der Waals surface area contributed by atoms with E-state index in [1.165, 1.54) is 13.3 Å². The van der Waals surface area contributed by atoms with E-state index in [9.17, 15) is 4.79 Å². The van der Waals surface area contributed by atoms with Gasteiger partial charge in [-0.05, 0) is 25.0 Å². The van der Waals surface area contributed by atoms with E-state index in [0.717, 1.165) is 12.8 Å². The molecule has 1 unspecified atom stereocenters. The molecular formula is C17H20N4O4. The summed E-state index contributed by atoms with van der Waals surface area (Å²) in [5.74, 6) is 1.18. The minimum atomic E-state index is -0.151. The van der Waals surface area contributed by atoms with Gasteiger partial charge < -0.3 is 19.1 Å². The molecule has 1 aliphatic rings. The van der Waals surface area contributed by atoms with Crippen molar-refractivity contribution in [2.24, 2.45) is 0 Å². The second-order valence-electron chi connectivity index (χ2n) is 5.57. The van der Waals surface area contributed by atoms with Gasteiger partial charge in [-0.3, -0.25) is 9.78 Å². The monoisotopic (exact) mass is 344 g/mol. The minimum absolute atomic E-state index is 0.0210. The molecule has 1 saturated heterocycles. The zero-order valence-electron chi connectivity index (χ0n) is 14.0. The average Bonchev–Trinajstić information content (AvgIpc) is 2.67. The topological polar surface area (TPSA) is 86.7 Å². The first-order valence-corrected chi connectivity index (χ1v) is 8.08. The van der Waals surface area contributed by atoms with E-state index >= 15 is 0 Å².